The Bertz CT molecular complexity index is 893. The molecule has 0 aliphatic carbocycles. The summed E-state index contributed by atoms with van der Waals surface area (Å²) in [7, 11) is 0. The summed E-state index contributed by atoms with van der Waals surface area (Å²) in [6.07, 6.45) is 0.732. The standard InChI is InChI=1S/C22H27N3O4/c1-14(26)15-5-9-17(10-6-15)29-18-11-7-16(8-12-18)24-21(28)25-20(23)13-19(27)22(2,3)4/h5-14,26-27H,1-4H3,(H3,23,24,25,28)/b19-13-. The number of carbonyl (C=O) groups is 1. The van der Waals surface area contributed by atoms with Crippen LogP contribution in [0.5, 0.6) is 11.5 Å². The van der Waals surface area contributed by atoms with Crippen molar-refractivity contribution < 1.29 is 19.7 Å². The van der Waals surface area contributed by atoms with Crippen LogP contribution in [0.15, 0.2) is 65.4 Å². The number of hydrogen-bond acceptors (Lipinski definition) is 4. The van der Waals surface area contributed by atoms with Crippen molar-refractivity contribution in [3.05, 3.63) is 65.9 Å². The molecule has 0 saturated carbocycles. The monoisotopic (exact) mass is 397 g/mol. The van der Waals surface area contributed by atoms with Crippen LogP contribution in [0, 0.1) is 5.41 Å². The number of aliphatic hydroxyl groups excluding tert-OH is 2. The fourth-order valence-electron chi connectivity index (χ4n) is 2.21. The zero-order chi connectivity index (χ0) is 21.6. The number of aliphatic imine (C=N–C) groups is 1. The van der Waals surface area contributed by atoms with Gasteiger partial charge in [-0.2, -0.15) is 4.99 Å². The van der Waals surface area contributed by atoms with Crippen molar-refractivity contribution in [3.8, 4) is 11.5 Å². The summed E-state index contributed by atoms with van der Waals surface area (Å²) in [6.45, 7) is 7.15. The molecule has 5 N–H and O–H groups in total. The van der Waals surface area contributed by atoms with E-state index in [1.807, 2.05) is 20.8 Å². The molecule has 2 rings (SSSR count). The van der Waals surface area contributed by atoms with Crippen molar-refractivity contribution in [1.29, 1.82) is 0 Å². The van der Waals surface area contributed by atoms with Gasteiger partial charge in [0.15, 0.2) is 0 Å². The Kier molecular flexibility index (Phi) is 7.01. The molecule has 2 aromatic carbocycles. The molecule has 1 atom stereocenters. The molecule has 2 aromatic rings. The van der Waals surface area contributed by atoms with E-state index in [1.165, 1.54) is 6.08 Å². The van der Waals surface area contributed by atoms with Crippen molar-refractivity contribution in [2.75, 3.05) is 5.32 Å². The molecular weight excluding hydrogens is 370 g/mol. The molecule has 0 heterocycles. The van der Waals surface area contributed by atoms with Crippen molar-refractivity contribution in [2.45, 2.75) is 33.8 Å². The van der Waals surface area contributed by atoms with Gasteiger partial charge in [0, 0.05) is 17.2 Å². The normalized spacial score (nSPS) is 13.7. The van der Waals surface area contributed by atoms with Gasteiger partial charge in [0.1, 0.15) is 23.1 Å². The highest BCUT2D eigenvalue weighted by Gasteiger charge is 2.16. The number of urea groups is 1. The average molecular weight is 397 g/mol. The van der Waals surface area contributed by atoms with E-state index < -0.39 is 17.6 Å². The maximum Gasteiger partial charge on any atom is 0.347 e. The second kappa shape index (κ2) is 9.25. The first-order valence-corrected chi connectivity index (χ1v) is 9.17. The molecule has 0 bridgehead atoms. The minimum atomic E-state index is -0.650. The van der Waals surface area contributed by atoms with Gasteiger partial charge in [-0.05, 0) is 48.9 Å². The van der Waals surface area contributed by atoms with Gasteiger partial charge in [0.05, 0.1) is 6.10 Å². The summed E-state index contributed by atoms with van der Waals surface area (Å²) in [5.41, 5.74) is 6.53. The Balaban J connectivity index is 1.98. The van der Waals surface area contributed by atoms with Crippen LogP contribution in [0.25, 0.3) is 0 Å². The largest absolute Gasteiger partial charge is 0.512 e. The maximum absolute atomic E-state index is 12.0. The highest BCUT2D eigenvalue weighted by Crippen LogP contribution is 2.25. The van der Waals surface area contributed by atoms with Crippen LogP contribution in [-0.2, 0) is 0 Å². The van der Waals surface area contributed by atoms with Gasteiger partial charge < -0.3 is 26.0 Å². The number of allylic oxidation sites excluding steroid dienone is 1. The quantitative estimate of drug-likeness (QED) is 0.325. The Morgan fingerprint density at radius 3 is 2.10 bits per heavy atom. The number of hydrogen-bond donors (Lipinski definition) is 4. The molecule has 0 aromatic heterocycles. The third-order valence-corrected chi connectivity index (χ3v) is 3.99. The summed E-state index contributed by atoms with van der Waals surface area (Å²) in [6, 6.07) is 13.2. The third kappa shape index (κ3) is 6.97. The van der Waals surface area contributed by atoms with Crippen LogP contribution in [0.1, 0.15) is 39.4 Å². The van der Waals surface area contributed by atoms with Crippen molar-refractivity contribution in [2.24, 2.45) is 16.1 Å². The van der Waals surface area contributed by atoms with E-state index in [2.05, 4.69) is 10.3 Å². The predicted molar refractivity (Wildman–Crippen MR) is 114 cm³/mol. The van der Waals surface area contributed by atoms with Gasteiger partial charge in [-0.3, -0.25) is 0 Å². The lowest BCUT2D eigenvalue weighted by molar-refractivity contribution is 0.199. The third-order valence-electron chi connectivity index (χ3n) is 3.99. The summed E-state index contributed by atoms with van der Waals surface area (Å²) in [4.78, 5) is 15.7. The first kappa shape index (κ1) is 22.0. The van der Waals surface area contributed by atoms with Gasteiger partial charge in [-0.1, -0.05) is 32.9 Å². The number of amides is 2. The molecule has 1 unspecified atom stereocenters. The molecule has 0 spiro atoms. The average Bonchev–Trinajstić information content (AvgIpc) is 2.62. The highest BCUT2D eigenvalue weighted by molar-refractivity contribution is 6.03. The molecule has 0 aliphatic rings. The molecule has 0 radical (unpaired) electrons. The van der Waals surface area contributed by atoms with Crippen molar-refractivity contribution >= 4 is 17.6 Å². The van der Waals surface area contributed by atoms with Gasteiger partial charge in [0.25, 0.3) is 0 Å². The number of benzene rings is 2. The number of aliphatic hydroxyl groups is 2. The van der Waals surface area contributed by atoms with E-state index in [1.54, 1.807) is 55.5 Å². The number of nitrogens with two attached hydrogens (primary N) is 1. The number of ether oxygens (including phenoxy) is 1. The minimum Gasteiger partial charge on any atom is -0.512 e. The van der Waals surface area contributed by atoms with Gasteiger partial charge in [-0.25, -0.2) is 4.79 Å². The fourth-order valence-corrected chi connectivity index (χ4v) is 2.21. The van der Waals surface area contributed by atoms with E-state index in [0.717, 1.165) is 5.56 Å². The van der Waals surface area contributed by atoms with E-state index in [9.17, 15) is 15.0 Å². The molecule has 0 saturated heterocycles. The van der Waals surface area contributed by atoms with Crippen LogP contribution >= 0.6 is 0 Å². The number of rotatable bonds is 5. The first-order valence-electron chi connectivity index (χ1n) is 9.17. The summed E-state index contributed by atoms with van der Waals surface area (Å²) in [5, 5.41) is 22.0. The van der Waals surface area contributed by atoms with Crippen LogP contribution in [0.3, 0.4) is 0 Å². The smallest absolute Gasteiger partial charge is 0.347 e. The Labute approximate surface area is 170 Å². The molecule has 7 nitrogen and oxygen atoms in total. The zero-order valence-corrected chi connectivity index (χ0v) is 17.0. The van der Waals surface area contributed by atoms with Gasteiger partial charge in [-0.15, -0.1) is 0 Å². The second-order valence-corrected chi connectivity index (χ2v) is 7.62. The van der Waals surface area contributed by atoms with Gasteiger partial charge in [0.2, 0.25) is 0 Å². The molecule has 7 heteroatoms. The van der Waals surface area contributed by atoms with E-state index in [0.29, 0.717) is 17.2 Å². The molecule has 29 heavy (non-hydrogen) atoms. The lowest BCUT2D eigenvalue weighted by atomic mass is 9.93. The van der Waals surface area contributed by atoms with Crippen molar-refractivity contribution in [1.82, 2.24) is 0 Å². The van der Waals surface area contributed by atoms with E-state index >= 15 is 0 Å². The number of carbonyl (C=O) groups excluding carboxylic acids is 1. The van der Waals surface area contributed by atoms with Crippen molar-refractivity contribution in [3.63, 3.8) is 0 Å². The SMILES string of the molecule is CC(O)c1ccc(Oc2ccc(NC(=O)/N=C(N)\C=C(/O)C(C)(C)C)cc2)cc1. The Morgan fingerprint density at radius 1 is 1.10 bits per heavy atom. The second-order valence-electron chi connectivity index (χ2n) is 7.62. The van der Waals surface area contributed by atoms with Gasteiger partial charge >= 0.3 is 6.03 Å². The van der Waals surface area contributed by atoms with Crippen LogP contribution in [0.4, 0.5) is 10.5 Å². The number of anilines is 1. The topological polar surface area (TPSA) is 117 Å². The molecule has 154 valence electrons. The van der Waals surface area contributed by atoms with E-state index in [4.69, 9.17) is 10.5 Å². The van der Waals surface area contributed by atoms with Crippen LogP contribution in [0.2, 0.25) is 0 Å². The fraction of sp³-hybridized carbons (Fsp3) is 0.273. The summed E-state index contributed by atoms with van der Waals surface area (Å²) >= 11 is 0. The van der Waals surface area contributed by atoms with Crippen LogP contribution in [-0.4, -0.2) is 22.1 Å². The Hall–Kier alpha value is -3.32. The maximum atomic E-state index is 12.0. The lowest BCUT2D eigenvalue weighted by Crippen LogP contribution is -2.18. The molecule has 0 fully saturated rings. The number of nitrogens with zero attached hydrogens (tertiary/aromatic N) is 1. The first-order chi connectivity index (χ1) is 13.5. The van der Waals surface area contributed by atoms with E-state index in [-0.39, 0.29) is 11.6 Å². The molecule has 2 amide bonds. The Morgan fingerprint density at radius 2 is 1.62 bits per heavy atom. The molecular formula is C22H27N3O4. The number of nitrogens with one attached hydrogen (secondary N) is 1. The molecule has 0 aliphatic heterocycles. The van der Waals surface area contributed by atoms with Crippen LogP contribution < -0.4 is 15.8 Å². The summed E-state index contributed by atoms with van der Waals surface area (Å²) < 4.78 is 5.74. The zero-order valence-electron chi connectivity index (χ0n) is 17.0. The number of amidine groups is 1. The summed E-state index contributed by atoms with van der Waals surface area (Å²) in [5.74, 6) is 1.17. The predicted octanol–water partition coefficient (Wildman–Crippen LogP) is 4.91. The lowest BCUT2D eigenvalue weighted by Gasteiger charge is -2.16. The highest BCUT2D eigenvalue weighted by atomic mass is 16.5. The minimum absolute atomic E-state index is 0.0366.